The maximum atomic E-state index is 12.0. The number of aromatic nitrogens is 1. The third kappa shape index (κ3) is 2.93. The Kier molecular flexibility index (Phi) is 4.07. The average Bonchev–Trinajstić information content (AvgIpc) is 2.33. The molecule has 0 atom stereocenters. The number of carbonyl (C=O) groups excluding carboxylic acids is 1. The van der Waals surface area contributed by atoms with Gasteiger partial charge in [-0.25, -0.2) is 4.98 Å². The molecule has 0 bridgehead atoms. The first kappa shape index (κ1) is 13.1. The van der Waals surface area contributed by atoms with Crippen LogP contribution in [0.4, 0.5) is 5.69 Å². The molecule has 0 aliphatic rings. The Bertz CT molecular complexity index is 602. The average molecular weight is 302 g/mol. The zero-order chi connectivity index (χ0) is 13.1. The molecule has 0 saturated carbocycles. The van der Waals surface area contributed by atoms with Crippen LogP contribution in [0.15, 0.2) is 36.4 Å². The second kappa shape index (κ2) is 5.57. The van der Waals surface area contributed by atoms with Crippen molar-refractivity contribution in [1.29, 1.82) is 0 Å². The van der Waals surface area contributed by atoms with Crippen LogP contribution in [0.5, 0.6) is 0 Å². The predicted molar refractivity (Wildman–Crippen MR) is 73.7 cm³/mol. The smallest absolute Gasteiger partial charge is 0.257 e. The van der Waals surface area contributed by atoms with E-state index in [1.807, 2.05) is 0 Å². The van der Waals surface area contributed by atoms with Gasteiger partial charge in [0.2, 0.25) is 0 Å². The summed E-state index contributed by atoms with van der Waals surface area (Å²) in [4.78, 5) is 15.8. The van der Waals surface area contributed by atoms with Crippen LogP contribution in [0.25, 0.3) is 0 Å². The van der Waals surface area contributed by atoms with Gasteiger partial charge in [0, 0.05) is 0 Å². The van der Waals surface area contributed by atoms with Crippen molar-refractivity contribution in [2.24, 2.45) is 0 Å². The quantitative estimate of drug-likeness (QED) is 0.841. The zero-order valence-electron chi connectivity index (χ0n) is 8.95. The number of anilines is 1. The Morgan fingerprint density at radius 2 is 1.78 bits per heavy atom. The largest absolute Gasteiger partial charge is 0.319 e. The number of nitrogens with zero attached hydrogens (tertiary/aromatic N) is 1. The summed E-state index contributed by atoms with van der Waals surface area (Å²) in [6.45, 7) is 0. The summed E-state index contributed by atoms with van der Waals surface area (Å²) in [7, 11) is 0. The van der Waals surface area contributed by atoms with Gasteiger partial charge in [-0.3, -0.25) is 4.79 Å². The minimum atomic E-state index is -0.355. The van der Waals surface area contributed by atoms with Gasteiger partial charge in [-0.15, -0.1) is 0 Å². The van der Waals surface area contributed by atoms with Crippen molar-refractivity contribution in [1.82, 2.24) is 4.98 Å². The molecule has 0 unspecified atom stereocenters. The fraction of sp³-hybridized carbons (Fsp3) is 0. The van der Waals surface area contributed by atoms with Gasteiger partial charge in [-0.05, 0) is 24.3 Å². The molecule has 0 radical (unpaired) electrons. The maximum absolute atomic E-state index is 12.0. The van der Waals surface area contributed by atoms with E-state index in [-0.39, 0.29) is 16.2 Å². The molecule has 1 N–H and O–H groups in total. The molecule has 18 heavy (non-hydrogen) atoms. The first-order valence-corrected chi connectivity index (χ1v) is 6.09. The highest BCUT2D eigenvalue weighted by atomic mass is 35.5. The molecule has 0 aliphatic carbocycles. The standard InChI is InChI=1S/C12H7Cl3N2O/c13-8-4-2-1-3-7(8)12(18)16-9-5-6-10(14)17-11(9)15/h1-6H,(H,16,18). The first-order valence-electron chi connectivity index (χ1n) is 4.96. The number of halogens is 3. The lowest BCUT2D eigenvalue weighted by Crippen LogP contribution is -2.13. The van der Waals surface area contributed by atoms with Gasteiger partial charge in [0.15, 0.2) is 5.15 Å². The Morgan fingerprint density at radius 1 is 1.06 bits per heavy atom. The Morgan fingerprint density at radius 3 is 2.44 bits per heavy atom. The van der Waals surface area contributed by atoms with E-state index < -0.39 is 0 Å². The van der Waals surface area contributed by atoms with Crippen molar-refractivity contribution in [2.45, 2.75) is 0 Å². The van der Waals surface area contributed by atoms with Crippen molar-refractivity contribution in [3.8, 4) is 0 Å². The molecule has 2 rings (SSSR count). The van der Waals surface area contributed by atoms with Crippen LogP contribution in [0, 0.1) is 0 Å². The summed E-state index contributed by atoms with van der Waals surface area (Å²) < 4.78 is 0. The van der Waals surface area contributed by atoms with Gasteiger partial charge >= 0.3 is 0 Å². The van der Waals surface area contributed by atoms with Crippen LogP contribution >= 0.6 is 34.8 Å². The van der Waals surface area contributed by atoms with E-state index in [0.29, 0.717) is 16.3 Å². The molecule has 0 fully saturated rings. The zero-order valence-corrected chi connectivity index (χ0v) is 11.2. The molecule has 1 amide bonds. The third-order valence-corrected chi connectivity index (χ3v) is 3.01. The molecule has 6 heteroatoms. The molecule has 0 saturated heterocycles. The summed E-state index contributed by atoms with van der Waals surface area (Å²) >= 11 is 17.4. The number of pyridine rings is 1. The number of hydrogen-bond acceptors (Lipinski definition) is 2. The number of nitrogens with one attached hydrogen (secondary N) is 1. The molecule has 1 heterocycles. The van der Waals surface area contributed by atoms with Crippen LogP contribution < -0.4 is 5.32 Å². The second-order valence-electron chi connectivity index (χ2n) is 3.41. The van der Waals surface area contributed by atoms with Gasteiger partial charge in [0.25, 0.3) is 5.91 Å². The lowest BCUT2D eigenvalue weighted by molar-refractivity contribution is 0.102. The molecule has 92 valence electrons. The van der Waals surface area contributed by atoms with E-state index in [2.05, 4.69) is 10.3 Å². The van der Waals surface area contributed by atoms with Crippen LogP contribution in [0.2, 0.25) is 15.3 Å². The molecule has 3 nitrogen and oxygen atoms in total. The van der Waals surface area contributed by atoms with Crippen molar-refractivity contribution in [2.75, 3.05) is 5.32 Å². The van der Waals surface area contributed by atoms with Crippen molar-refractivity contribution in [3.63, 3.8) is 0 Å². The molecule has 1 aromatic heterocycles. The normalized spacial score (nSPS) is 10.2. The lowest BCUT2D eigenvalue weighted by Gasteiger charge is -2.07. The highest BCUT2D eigenvalue weighted by molar-refractivity contribution is 6.36. The van der Waals surface area contributed by atoms with Crippen molar-refractivity contribution < 1.29 is 4.79 Å². The van der Waals surface area contributed by atoms with Gasteiger partial charge in [0.05, 0.1) is 16.3 Å². The monoisotopic (exact) mass is 300 g/mol. The van der Waals surface area contributed by atoms with Gasteiger partial charge in [0.1, 0.15) is 5.15 Å². The van der Waals surface area contributed by atoms with Gasteiger partial charge in [-0.2, -0.15) is 0 Å². The highest BCUT2D eigenvalue weighted by Gasteiger charge is 2.12. The number of benzene rings is 1. The van der Waals surface area contributed by atoms with Crippen LogP contribution in [-0.4, -0.2) is 10.9 Å². The second-order valence-corrected chi connectivity index (χ2v) is 4.56. The van der Waals surface area contributed by atoms with E-state index in [1.54, 1.807) is 30.3 Å². The number of rotatable bonds is 2. The van der Waals surface area contributed by atoms with Crippen molar-refractivity contribution in [3.05, 3.63) is 57.3 Å². The maximum Gasteiger partial charge on any atom is 0.257 e. The van der Waals surface area contributed by atoms with Crippen LogP contribution in [0.1, 0.15) is 10.4 Å². The number of carbonyl (C=O) groups is 1. The number of hydrogen-bond donors (Lipinski definition) is 1. The molecular formula is C12H7Cl3N2O. The SMILES string of the molecule is O=C(Nc1ccc(Cl)nc1Cl)c1ccccc1Cl. The minimum Gasteiger partial charge on any atom is -0.319 e. The van der Waals surface area contributed by atoms with E-state index in [9.17, 15) is 4.79 Å². The van der Waals surface area contributed by atoms with E-state index >= 15 is 0 Å². The van der Waals surface area contributed by atoms with E-state index in [0.717, 1.165) is 0 Å². The van der Waals surface area contributed by atoms with Crippen LogP contribution in [-0.2, 0) is 0 Å². The third-order valence-electron chi connectivity index (χ3n) is 2.18. The summed E-state index contributed by atoms with van der Waals surface area (Å²) in [5, 5.41) is 3.37. The summed E-state index contributed by atoms with van der Waals surface area (Å²) in [5.74, 6) is -0.355. The van der Waals surface area contributed by atoms with E-state index in [4.69, 9.17) is 34.8 Å². The summed E-state index contributed by atoms with van der Waals surface area (Å²) in [6, 6.07) is 9.84. The predicted octanol–water partition coefficient (Wildman–Crippen LogP) is 4.29. The lowest BCUT2D eigenvalue weighted by atomic mass is 10.2. The van der Waals surface area contributed by atoms with Gasteiger partial charge < -0.3 is 5.32 Å². The van der Waals surface area contributed by atoms with E-state index in [1.165, 1.54) is 6.07 Å². The topological polar surface area (TPSA) is 42.0 Å². The molecule has 0 spiro atoms. The summed E-state index contributed by atoms with van der Waals surface area (Å²) in [6.07, 6.45) is 0. The fourth-order valence-electron chi connectivity index (χ4n) is 1.34. The molecular weight excluding hydrogens is 295 g/mol. The Labute approximate surface area is 119 Å². The summed E-state index contributed by atoms with van der Waals surface area (Å²) in [5.41, 5.74) is 0.746. The molecule has 2 aromatic rings. The first-order chi connectivity index (χ1) is 8.58. The Hall–Kier alpha value is -1.29. The minimum absolute atomic E-state index is 0.128. The fourth-order valence-corrected chi connectivity index (χ4v) is 1.95. The number of amides is 1. The Balaban J connectivity index is 2.24. The van der Waals surface area contributed by atoms with Crippen molar-refractivity contribution >= 4 is 46.4 Å². The highest BCUT2D eigenvalue weighted by Crippen LogP contribution is 2.23. The van der Waals surface area contributed by atoms with Gasteiger partial charge in [-0.1, -0.05) is 46.9 Å². The molecule has 0 aliphatic heterocycles. The van der Waals surface area contributed by atoms with Crippen LogP contribution in [0.3, 0.4) is 0 Å². The molecule has 1 aromatic carbocycles.